The molecule has 2 aromatic carbocycles. The number of carbonyl (C=O) groups excluding carboxylic acids is 1. The van der Waals surface area contributed by atoms with Crippen molar-refractivity contribution in [3.05, 3.63) is 69.3 Å². The average molecular weight is 459 g/mol. The zero-order valence-electron chi connectivity index (χ0n) is 18.1. The van der Waals surface area contributed by atoms with Crippen molar-refractivity contribution in [2.24, 2.45) is 0 Å². The molecule has 0 radical (unpaired) electrons. The SMILES string of the molecule is Cc1oc2cc3oc(=O)c(CCC(=O)Nc4ccc(OC(F)(F)F)cc4)c(C)c3cc2c1C. The molecule has 9 heteroatoms. The van der Waals surface area contributed by atoms with E-state index in [1.165, 1.54) is 12.1 Å². The van der Waals surface area contributed by atoms with Gasteiger partial charge < -0.3 is 18.9 Å². The number of aryl methyl sites for hydroxylation is 3. The fourth-order valence-corrected chi connectivity index (χ4v) is 3.72. The van der Waals surface area contributed by atoms with E-state index in [9.17, 15) is 22.8 Å². The Bertz CT molecular complexity index is 1420. The maximum absolute atomic E-state index is 12.5. The van der Waals surface area contributed by atoms with Gasteiger partial charge in [0.15, 0.2) is 0 Å². The first-order valence-corrected chi connectivity index (χ1v) is 10.1. The minimum atomic E-state index is -4.79. The lowest BCUT2D eigenvalue weighted by atomic mass is 10.0. The number of halogens is 3. The summed E-state index contributed by atoms with van der Waals surface area (Å²) in [6.45, 7) is 5.62. The van der Waals surface area contributed by atoms with Crippen molar-refractivity contribution >= 4 is 33.5 Å². The first kappa shape index (κ1) is 22.4. The number of ether oxygens (including phenoxy) is 1. The van der Waals surface area contributed by atoms with Gasteiger partial charge in [-0.15, -0.1) is 13.2 Å². The van der Waals surface area contributed by atoms with E-state index >= 15 is 0 Å². The van der Waals surface area contributed by atoms with E-state index in [0.717, 1.165) is 39.8 Å². The van der Waals surface area contributed by atoms with Crippen LogP contribution in [0, 0.1) is 20.8 Å². The number of hydrogen-bond donors (Lipinski definition) is 1. The molecule has 4 aromatic rings. The average Bonchev–Trinajstić information content (AvgIpc) is 3.00. The fraction of sp³-hybridized carbons (Fsp3) is 0.250. The number of anilines is 1. The summed E-state index contributed by atoms with van der Waals surface area (Å²) in [5, 5.41) is 4.29. The third kappa shape index (κ3) is 4.72. The van der Waals surface area contributed by atoms with Crippen molar-refractivity contribution in [2.75, 3.05) is 5.32 Å². The molecular formula is C24H20F3NO5. The number of hydrogen-bond acceptors (Lipinski definition) is 5. The highest BCUT2D eigenvalue weighted by atomic mass is 19.4. The zero-order chi connectivity index (χ0) is 23.9. The topological polar surface area (TPSA) is 81.7 Å². The Hall–Kier alpha value is -3.75. The molecule has 0 unspecified atom stereocenters. The molecule has 2 heterocycles. The van der Waals surface area contributed by atoms with Gasteiger partial charge in [0, 0.05) is 34.5 Å². The van der Waals surface area contributed by atoms with Crippen LogP contribution in [0.1, 0.15) is 28.9 Å². The van der Waals surface area contributed by atoms with Gasteiger partial charge in [-0.25, -0.2) is 4.79 Å². The highest BCUT2D eigenvalue weighted by molar-refractivity contribution is 5.97. The van der Waals surface area contributed by atoms with Gasteiger partial charge in [0.2, 0.25) is 5.91 Å². The molecule has 2 aromatic heterocycles. The molecule has 1 amide bonds. The lowest BCUT2D eigenvalue weighted by Crippen LogP contribution is -2.17. The number of amides is 1. The van der Waals surface area contributed by atoms with Gasteiger partial charge >= 0.3 is 12.0 Å². The first-order chi connectivity index (χ1) is 15.5. The van der Waals surface area contributed by atoms with Crippen LogP contribution >= 0.6 is 0 Å². The van der Waals surface area contributed by atoms with E-state index in [2.05, 4.69) is 10.1 Å². The van der Waals surface area contributed by atoms with Crippen LogP contribution in [0.15, 0.2) is 50.0 Å². The summed E-state index contributed by atoms with van der Waals surface area (Å²) in [7, 11) is 0. The van der Waals surface area contributed by atoms with Crippen molar-refractivity contribution in [2.45, 2.75) is 40.0 Å². The summed E-state index contributed by atoms with van der Waals surface area (Å²) in [6, 6.07) is 8.42. The van der Waals surface area contributed by atoms with Crippen LogP contribution in [0.5, 0.6) is 5.75 Å². The Morgan fingerprint density at radius 1 is 0.970 bits per heavy atom. The molecule has 1 N–H and O–H groups in total. The van der Waals surface area contributed by atoms with Crippen LogP contribution in [0.3, 0.4) is 0 Å². The number of rotatable bonds is 5. The molecule has 6 nitrogen and oxygen atoms in total. The second-order valence-corrected chi connectivity index (χ2v) is 7.74. The standard InChI is InChI=1S/C24H20F3NO5/c1-12-14(3)31-20-11-21-19(10-18(12)20)13(2)17(23(30)32-21)8-9-22(29)28-15-4-6-16(7-5-15)33-24(25,26)27/h4-7,10-11H,8-9H2,1-3H3,(H,28,29). The summed E-state index contributed by atoms with van der Waals surface area (Å²) in [6.07, 6.45) is -4.65. The summed E-state index contributed by atoms with van der Waals surface area (Å²) in [5.74, 6) is 0.00685. The van der Waals surface area contributed by atoms with Crippen LogP contribution in [-0.4, -0.2) is 12.3 Å². The molecule has 0 aliphatic heterocycles. The number of carbonyl (C=O) groups is 1. The largest absolute Gasteiger partial charge is 0.573 e. The Balaban J connectivity index is 1.50. The monoisotopic (exact) mass is 459 g/mol. The van der Waals surface area contributed by atoms with Gasteiger partial charge in [0.1, 0.15) is 22.7 Å². The number of alkyl halides is 3. The lowest BCUT2D eigenvalue weighted by molar-refractivity contribution is -0.274. The quantitative estimate of drug-likeness (QED) is 0.374. The molecule has 0 saturated heterocycles. The molecule has 0 aliphatic rings. The summed E-state index contributed by atoms with van der Waals surface area (Å²) >= 11 is 0. The highest BCUT2D eigenvalue weighted by Gasteiger charge is 2.31. The number of benzene rings is 2. The van der Waals surface area contributed by atoms with Crippen molar-refractivity contribution in [3.8, 4) is 5.75 Å². The molecule has 0 fully saturated rings. The minimum absolute atomic E-state index is 0.00992. The van der Waals surface area contributed by atoms with Gasteiger partial charge in [-0.3, -0.25) is 4.79 Å². The summed E-state index contributed by atoms with van der Waals surface area (Å²) in [5.41, 5.74) is 2.95. The van der Waals surface area contributed by atoms with E-state index in [0.29, 0.717) is 22.4 Å². The Kier molecular flexibility index (Phi) is 5.65. The van der Waals surface area contributed by atoms with Gasteiger partial charge in [-0.1, -0.05) is 0 Å². The molecule has 33 heavy (non-hydrogen) atoms. The minimum Gasteiger partial charge on any atom is -0.461 e. The van der Waals surface area contributed by atoms with Crippen LogP contribution in [0.25, 0.3) is 21.9 Å². The van der Waals surface area contributed by atoms with E-state index in [1.807, 2.05) is 19.9 Å². The fourth-order valence-electron chi connectivity index (χ4n) is 3.72. The summed E-state index contributed by atoms with van der Waals surface area (Å²) < 4.78 is 51.7. The Labute approximate surface area is 185 Å². The third-order valence-corrected chi connectivity index (χ3v) is 5.56. The lowest BCUT2D eigenvalue weighted by Gasteiger charge is -2.10. The maximum Gasteiger partial charge on any atom is 0.573 e. The van der Waals surface area contributed by atoms with Crippen molar-refractivity contribution < 1.29 is 31.5 Å². The second-order valence-electron chi connectivity index (χ2n) is 7.74. The van der Waals surface area contributed by atoms with Gasteiger partial charge in [0.05, 0.1) is 0 Å². The molecular weight excluding hydrogens is 439 g/mol. The van der Waals surface area contributed by atoms with Gasteiger partial charge in [-0.2, -0.15) is 0 Å². The Morgan fingerprint density at radius 2 is 1.61 bits per heavy atom. The maximum atomic E-state index is 12.5. The number of nitrogens with one attached hydrogen (secondary N) is 1. The Morgan fingerprint density at radius 3 is 2.27 bits per heavy atom. The van der Waals surface area contributed by atoms with Crippen molar-refractivity contribution in [3.63, 3.8) is 0 Å². The molecule has 0 bridgehead atoms. The van der Waals surface area contributed by atoms with E-state index in [1.54, 1.807) is 13.0 Å². The normalized spacial score (nSPS) is 11.8. The van der Waals surface area contributed by atoms with Gasteiger partial charge in [-0.05, 0) is 68.7 Å². The molecule has 0 aliphatic carbocycles. The number of furan rings is 1. The molecule has 172 valence electrons. The molecule has 0 atom stereocenters. The van der Waals surface area contributed by atoms with Crippen molar-refractivity contribution in [1.29, 1.82) is 0 Å². The van der Waals surface area contributed by atoms with Crippen molar-refractivity contribution in [1.82, 2.24) is 0 Å². The predicted molar refractivity (Wildman–Crippen MR) is 117 cm³/mol. The van der Waals surface area contributed by atoms with Crippen LogP contribution in [0.2, 0.25) is 0 Å². The third-order valence-electron chi connectivity index (χ3n) is 5.56. The smallest absolute Gasteiger partial charge is 0.461 e. The number of fused-ring (bicyclic) bond motifs is 2. The molecule has 4 rings (SSSR count). The first-order valence-electron chi connectivity index (χ1n) is 10.1. The van der Waals surface area contributed by atoms with Gasteiger partial charge in [0.25, 0.3) is 0 Å². The summed E-state index contributed by atoms with van der Waals surface area (Å²) in [4.78, 5) is 24.9. The zero-order valence-corrected chi connectivity index (χ0v) is 18.1. The highest BCUT2D eigenvalue weighted by Crippen LogP contribution is 2.31. The van der Waals surface area contributed by atoms with E-state index < -0.39 is 17.9 Å². The predicted octanol–water partition coefficient (Wildman–Crippen LogP) is 5.93. The van der Waals surface area contributed by atoms with Crippen LogP contribution < -0.4 is 15.7 Å². The van der Waals surface area contributed by atoms with Crippen LogP contribution in [0.4, 0.5) is 18.9 Å². The molecule has 0 spiro atoms. The van der Waals surface area contributed by atoms with Crippen LogP contribution in [-0.2, 0) is 11.2 Å². The molecule has 0 saturated carbocycles. The van der Waals surface area contributed by atoms with E-state index in [-0.39, 0.29) is 18.6 Å². The van der Waals surface area contributed by atoms with E-state index in [4.69, 9.17) is 8.83 Å². The second kappa shape index (κ2) is 8.31.